The average molecular weight is 292 g/mol. The maximum absolute atomic E-state index is 11.1. The molecule has 70 valence electrons. The summed E-state index contributed by atoms with van der Waals surface area (Å²) < 4.78 is 5.28. The molecule has 0 saturated carbocycles. The summed E-state index contributed by atoms with van der Waals surface area (Å²) in [7, 11) is 1.33. The van der Waals surface area contributed by atoms with Crippen molar-refractivity contribution in [3.05, 3.63) is 27.1 Å². The Morgan fingerprint density at radius 2 is 2.38 bits per heavy atom. The van der Waals surface area contributed by atoms with Gasteiger partial charge in [-0.15, -0.1) is 0 Å². The van der Waals surface area contributed by atoms with Gasteiger partial charge >= 0.3 is 5.97 Å². The zero-order chi connectivity index (χ0) is 9.84. The molecule has 0 aliphatic rings. The van der Waals surface area contributed by atoms with Gasteiger partial charge in [-0.2, -0.15) is 0 Å². The lowest BCUT2D eigenvalue weighted by atomic mass is 10.2. The predicted octanol–water partition coefficient (Wildman–Crippen LogP) is 0.932. The van der Waals surface area contributed by atoms with Crippen LogP contribution in [0.1, 0.15) is 16.1 Å². The van der Waals surface area contributed by atoms with E-state index in [0.717, 1.165) is 9.26 Å². The van der Waals surface area contributed by atoms with E-state index in [2.05, 4.69) is 9.72 Å². The van der Waals surface area contributed by atoms with Gasteiger partial charge in [-0.3, -0.25) is 0 Å². The number of rotatable bonds is 2. The Balaban J connectivity index is 3.08. The van der Waals surface area contributed by atoms with E-state index in [4.69, 9.17) is 5.73 Å². The minimum atomic E-state index is -0.437. The highest BCUT2D eigenvalue weighted by Crippen LogP contribution is 2.08. The summed E-state index contributed by atoms with van der Waals surface area (Å²) in [5.74, 6) is -0.437. The molecule has 0 aliphatic heterocycles. The SMILES string of the molecule is COC(=O)c1cc(CN)cc(I)n1. The molecule has 0 spiro atoms. The number of ether oxygens (including phenoxy) is 1. The molecule has 1 rings (SSSR count). The molecule has 4 nitrogen and oxygen atoms in total. The van der Waals surface area contributed by atoms with Crippen LogP contribution >= 0.6 is 22.6 Å². The Labute approximate surface area is 89.6 Å². The van der Waals surface area contributed by atoms with E-state index in [1.165, 1.54) is 7.11 Å². The van der Waals surface area contributed by atoms with E-state index < -0.39 is 5.97 Å². The summed E-state index contributed by atoms with van der Waals surface area (Å²) in [6.07, 6.45) is 0. The van der Waals surface area contributed by atoms with Crippen LogP contribution in [-0.4, -0.2) is 18.1 Å². The van der Waals surface area contributed by atoms with Crippen LogP contribution in [0.15, 0.2) is 12.1 Å². The van der Waals surface area contributed by atoms with Gasteiger partial charge in [0.25, 0.3) is 0 Å². The minimum absolute atomic E-state index is 0.301. The summed E-state index contributed by atoms with van der Waals surface area (Å²) >= 11 is 2.03. The van der Waals surface area contributed by atoms with Gasteiger partial charge in [0.15, 0.2) is 0 Å². The second-order valence-corrected chi connectivity index (χ2v) is 3.48. The van der Waals surface area contributed by atoms with E-state index in [1.807, 2.05) is 28.7 Å². The monoisotopic (exact) mass is 292 g/mol. The van der Waals surface area contributed by atoms with Crippen molar-refractivity contribution < 1.29 is 9.53 Å². The van der Waals surface area contributed by atoms with Crippen molar-refractivity contribution in [1.29, 1.82) is 0 Å². The van der Waals surface area contributed by atoms with Gasteiger partial charge in [0.2, 0.25) is 0 Å². The maximum atomic E-state index is 11.1. The summed E-state index contributed by atoms with van der Waals surface area (Å²) in [5.41, 5.74) is 6.62. The van der Waals surface area contributed by atoms with Gasteiger partial charge in [0.1, 0.15) is 9.39 Å². The third-order valence-corrected chi connectivity index (χ3v) is 2.04. The molecule has 0 amide bonds. The largest absolute Gasteiger partial charge is 0.464 e. The first-order valence-electron chi connectivity index (χ1n) is 3.62. The van der Waals surface area contributed by atoms with Crippen LogP contribution in [0, 0.1) is 3.70 Å². The van der Waals surface area contributed by atoms with E-state index >= 15 is 0 Å². The number of nitrogens with zero attached hydrogens (tertiary/aromatic N) is 1. The molecule has 1 aromatic heterocycles. The molecular weight excluding hydrogens is 283 g/mol. The molecule has 0 aromatic carbocycles. The quantitative estimate of drug-likeness (QED) is 0.500. The molecule has 0 bridgehead atoms. The van der Waals surface area contributed by atoms with Crippen molar-refractivity contribution in [3.8, 4) is 0 Å². The second-order valence-electron chi connectivity index (χ2n) is 2.38. The topological polar surface area (TPSA) is 65.2 Å². The molecule has 0 atom stereocenters. The highest BCUT2D eigenvalue weighted by Gasteiger charge is 2.08. The Bertz CT molecular complexity index is 328. The van der Waals surface area contributed by atoms with Crippen LogP contribution in [0.2, 0.25) is 0 Å². The third-order valence-electron chi connectivity index (χ3n) is 1.48. The number of esters is 1. The first kappa shape index (κ1) is 10.4. The van der Waals surface area contributed by atoms with Crippen LogP contribution in [0.3, 0.4) is 0 Å². The first-order chi connectivity index (χ1) is 6.17. The number of aromatic nitrogens is 1. The van der Waals surface area contributed by atoms with E-state index in [-0.39, 0.29) is 0 Å². The number of halogens is 1. The van der Waals surface area contributed by atoms with Crippen molar-refractivity contribution in [2.24, 2.45) is 5.73 Å². The lowest BCUT2D eigenvalue weighted by Crippen LogP contribution is -2.07. The number of hydrogen-bond acceptors (Lipinski definition) is 4. The zero-order valence-corrected chi connectivity index (χ0v) is 9.24. The number of carbonyl (C=O) groups is 1. The van der Waals surface area contributed by atoms with Crippen molar-refractivity contribution >= 4 is 28.6 Å². The van der Waals surface area contributed by atoms with Crippen LogP contribution in [0.5, 0.6) is 0 Å². The average Bonchev–Trinajstić information content (AvgIpc) is 2.15. The van der Waals surface area contributed by atoms with Crippen LogP contribution in [0.4, 0.5) is 0 Å². The molecule has 1 aromatic rings. The van der Waals surface area contributed by atoms with Gasteiger partial charge in [0, 0.05) is 6.54 Å². The van der Waals surface area contributed by atoms with E-state index in [9.17, 15) is 4.79 Å². The normalized spacial score (nSPS) is 9.77. The fraction of sp³-hybridized carbons (Fsp3) is 0.250. The number of methoxy groups -OCH3 is 1. The fourth-order valence-corrected chi connectivity index (χ4v) is 1.54. The Kier molecular flexibility index (Phi) is 3.61. The molecule has 0 saturated heterocycles. The van der Waals surface area contributed by atoms with Crippen LogP contribution in [-0.2, 0) is 11.3 Å². The lowest BCUT2D eigenvalue weighted by molar-refractivity contribution is 0.0593. The van der Waals surface area contributed by atoms with Crippen molar-refractivity contribution in [1.82, 2.24) is 4.98 Å². The van der Waals surface area contributed by atoms with Crippen LogP contribution in [0.25, 0.3) is 0 Å². The van der Waals surface area contributed by atoms with Gasteiger partial charge in [-0.25, -0.2) is 9.78 Å². The number of hydrogen-bond donors (Lipinski definition) is 1. The van der Waals surface area contributed by atoms with Gasteiger partial charge in [-0.05, 0) is 40.3 Å². The third kappa shape index (κ3) is 2.63. The van der Waals surface area contributed by atoms with Crippen molar-refractivity contribution in [2.75, 3.05) is 7.11 Å². The molecule has 0 radical (unpaired) electrons. The molecule has 0 unspecified atom stereocenters. The Morgan fingerprint density at radius 1 is 1.69 bits per heavy atom. The van der Waals surface area contributed by atoms with E-state index in [0.29, 0.717) is 12.2 Å². The molecule has 0 fully saturated rings. The molecule has 0 aliphatic carbocycles. The molecular formula is C8H9IN2O2. The lowest BCUT2D eigenvalue weighted by Gasteiger charge is -2.02. The maximum Gasteiger partial charge on any atom is 0.356 e. The summed E-state index contributed by atoms with van der Waals surface area (Å²) in [6.45, 7) is 0.391. The zero-order valence-electron chi connectivity index (χ0n) is 7.08. The highest BCUT2D eigenvalue weighted by molar-refractivity contribution is 14.1. The Morgan fingerprint density at radius 3 is 2.92 bits per heavy atom. The fourth-order valence-electron chi connectivity index (χ4n) is 0.877. The summed E-state index contributed by atoms with van der Waals surface area (Å²) in [6, 6.07) is 3.46. The number of pyridine rings is 1. The van der Waals surface area contributed by atoms with Gasteiger partial charge < -0.3 is 10.5 Å². The van der Waals surface area contributed by atoms with Crippen molar-refractivity contribution in [3.63, 3.8) is 0 Å². The highest BCUT2D eigenvalue weighted by atomic mass is 127. The second kappa shape index (κ2) is 4.52. The predicted molar refractivity (Wildman–Crippen MR) is 56.2 cm³/mol. The van der Waals surface area contributed by atoms with Gasteiger partial charge in [-0.1, -0.05) is 0 Å². The summed E-state index contributed by atoms with van der Waals surface area (Å²) in [5, 5.41) is 0. The smallest absolute Gasteiger partial charge is 0.356 e. The molecule has 5 heteroatoms. The molecule has 1 heterocycles. The molecule has 13 heavy (non-hydrogen) atoms. The standard InChI is InChI=1S/C8H9IN2O2/c1-13-8(12)6-2-5(4-10)3-7(9)11-6/h2-3H,4,10H2,1H3. The minimum Gasteiger partial charge on any atom is -0.464 e. The van der Waals surface area contributed by atoms with Gasteiger partial charge in [0.05, 0.1) is 7.11 Å². The van der Waals surface area contributed by atoms with E-state index in [1.54, 1.807) is 6.07 Å². The number of carbonyl (C=O) groups excluding carboxylic acids is 1. The summed E-state index contributed by atoms with van der Waals surface area (Å²) in [4.78, 5) is 15.1. The van der Waals surface area contributed by atoms with Crippen molar-refractivity contribution in [2.45, 2.75) is 6.54 Å². The Hall–Kier alpha value is -0.690. The number of nitrogens with two attached hydrogens (primary N) is 1. The molecule has 2 N–H and O–H groups in total. The first-order valence-corrected chi connectivity index (χ1v) is 4.70. The van der Waals surface area contributed by atoms with Crippen LogP contribution < -0.4 is 5.73 Å².